The van der Waals surface area contributed by atoms with Crippen LogP contribution in [0.4, 0.5) is 0 Å². The second-order valence-corrected chi connectivity index (χ2v) is 24.1. The van der Waals surface area contributed by atoms with E-state index in [1.165, 1.54) is 36.4 Å². The normalized spacial score (nSPS) is 17.5. The van der Waals surface area contributed by atoms with Gasteiger partial charge in [0.1, 0.15) is 35.4 Å². The molecule has 450 valence electrons. The molecule has 0 aliphatic carbocycles. The third-order valence-electron chi connectivity index (χ3n) is 17.7. The number of fused-ring (bicyclic) bond motifs is 18. The summed E-state index contributed by atoms with van der Waals surface area (Å²) in [5.41, 5.74) is 11.3. The van der Waals surface area contributed by atoms with Crippen LogP contribution in [0.3, 0.4) is 0 Å². The van der Waals surface area contributed by atoms with Crippen LogP contribution in [0.5, 0.6) is 17.2 Å². The average molecular weight is 1200 g/mol. The third kappa shape index (κ3) is 13.2. The van der Waals surface area contributed by atoms with Gasteiger partial charge in [-0.3, -0.25) is 28.8 Å². The molecule has 15 nitrogen and oxygen atoms in total. The summed E-state index contributed by atoms with van der Waals surface area (Å²) < 4.78 is 0. The molecule has 6 heterocycles. The number of aromatic hydroxyl groups is 3. The minimum Gasteiger partial charge on any atom is -0.508 e. The first-order chi connectivity index (χ1) is 43.6. The molecule has 3 atom stereocenters. The van der Waals surface area contributed by atoms with Crippen LogP contribution in [0, 0.1) is 0 Å². The second-order valence-electron chi connectivity index (χ2n) is 24.1. The Morgan fingerprint density at radius 1 is 0.300 bits per heavy atom. The van der Waals surface area contributed by atoms with Crippen molar-refractivity contribution in [1.82, 2.24) is 31.9 Å². The van der Waals surface area contributed by atoms with Gasteiger partial charge in [-0.05, 0) is 229 Å². The van der Waals surface area contributed by atoms with Gasteiger partial charge in [0.05, 0.1) is 0 Å². The van der Waals surface area contributed by atoms with Crippen molar-refractivity contribution in [2.24, 2.45) is 0 Å². The van der Waals surface area contributed by atoms with Gasteiger partial charge in [0, 0.05) is 55.6 Å². The number of benzene rings is 10. The summed E-state index contributed by atoms with van der Waals surface area (Å²) in [5.74, 6) is -2.60. The molecule has 9 N–H and O–H groups in total. The van der Waals surface area contributed by atoms with Crippen molar-refractivity contribution >= 4 is 67.8 Å². The molecule has 0 spiro atoms. The zero-order valence-corrected chi connectivity index (χ0v) is 49.3. The van der Waals surface area contributed by atoms with E-state index < -0.39 is 53.6 Å². The highest BCUT2D eigenvalue weighted by molar-refractivity contribution is 6.04. The highest BCUT2D eigenvalue weighted by Gasteiger charge is 2.28. The average Bonchev–Trinajstić information content (AvgIpc) is 1.00. The van der Waals surface area contributed by atoms with Gasteiger partial charge >= 0.3 is 0 Å². The fraction of sp³-hybridized carbons (Fsp3) is 0.200. The Balaban J connectivity index is 0.986. The molecule has 0 saturated carbocycles. The van der Waals surface area contributed by atoms with E-state index in [1.807, 2.05) is 72.8 Å². The number of hydrogen-bond acceptors (Lipinski definition) is 9. The predicted molar refractivity (Wildman–Crippen MR) is 345 cm³/mol. The quantitative estimate of drug-likeness (QED) is 0.0770. The lowest BCUT2D eigenvalue weighted by Gasteiger charge is -2.20. The van der Waals surface area contributed by atoms with Crippen LogP contribution in [0.2, 0.25) is 0 Å². The van der Waals surface area contributed by atoms with Crippen molar-refractivity contribution in [2.75, 3.05) is 0 Å². The molecule has 0 fully saturated rings. The molecule has 6 aliphatic heterocycles. The molecule has 90 heavy (non-hydrogen) atoms. The minimum absolute atomic E-state index is 0.0569. The standard InChI is InChI=1S/C75H66N6O9/c82-61-16-4-43(5-17-61)31-67-73(88)77-41-50-11-23-65-54-15-3-48-26-46-1-13-52-34-58(70(85)79-67)37-55-28-49(10-22-64(52)55)40-76-74(89)68(32-44-6-18-62(83)19-7-44)80-71(86)59-35-53(14-2-47(25-46)27-48)66-24-12-51(30-57(66)39-59)42-78-75(90)69(33-45-8-20-63(84)21-9-45)81-72(87)60(36-54)38-56(65)29-50/h4-12,16-30,34-39,67-69,82-84H,1-3,13-15,31-33,40-42H2,(H,76,89)(H,77,88)(H,78,90)(H,79,85)(H,80,86)(H,81,87)/t67-,68-,69-/m0/s1. The minimum atomic E-state index is -1.07. The smallest absolute Gasteiger partial charge is 0.251 e. The van der Waals surface area contributed by atoms with Crippen LogP contribution in [0.25, 0.3) is 32.3 Å². The van der Waals surface area contributed by atoms with E-state index in [0.29, 0.717) is 71.9 Å². The molecule has 0 radical (unpaired) electrons. The summed E-state index contributed by atoms with van der Waals surface area (Å²) in [4.78, 5) is 88.6. The first-order valence-electron chi connectivity index (χ1n) is 30.5. The van der Waals surface area contributed by atoms with Gasteiger partial charge < -0.3 is 47.2 Å². The highest BCUT2D eigenvalue weighted by Crippen LogP contribution is 2.31. The Morgan fingerprint density at radius 3 is 0.856 bits per heavy atom. The number of rotatable bonds is 6. The number of phenolic OH excluding ortho intramolecular Hbond substituents is 3. The number of hydrogen-bond donors (Lipinski definition) is 9. The van der Waals surface area contributed by atoms with Gasteiger partial charge in [-0.1, -0.05) is 91.0 Å². The van der Waals surface area contributed by atoms with Crippen molar-refractivity contribution in [3.63, 3.8) is 0 Å². The Bertz CT molecular complexity index is 4040. The lowest BCUT2D eigenvalue weighted by atomic mass is 9.90. The van der Waals surface area contributed by atoms with Crippen LogP contribution < -0.4 is 31.9 Å². The molecule has 6 aliphatic rings. The molecule has 0 aromatic heterocycles. The first-order valence-corrected chi connectivity index (χ1v) is 30.5. The Labute approximate surface area is 519 Å². The van der Waals surface area contributed by atoms with Crippen LogP contribution in [0.1, 0.15) is 97.8 Å². The number of carbonyl (C=O) groups is 6. The zero-order valence-electron chi connectivity index (χ0n) is 49.3. The van der Waals surface area contributed by atoms with E-state index in [4.69, 9.17) is 0 Å². The Kier molecular flexibility index (Phi) is 16.3. The second kappa shape index (κ2) is 25.1. The molecule has 18 bridgehead atoms. The third-order valence-corrected chi connectivity index (χ3v) is 17.7. The maximum Gasteiger partial charge on any atom is 0.251 e. The van der Waals surface area contributed by atoms with Gasteiger partial charge in [0.15, 0.2) is 0 Å². The fourth-order valence-corrected chi connectivity index (χ4v) is 12.8. The summed E-state index contributed by atoms with van der Waals surface area (Å²) in [5, 5.41) is 54.0. The Morgan fingerprint density at radius 2 is 0.578 bits per heavy atom. The van der Waals surface area contributed by atoms with E-state index in [9.17, 15) is 44.1 Å². The molecule has 10 aromatic rings. The summed E-state index contributed by atoms with van der Waals surface area (Å²) in [7, 11) is 0. The van der Waals surface area contributed by atoms with E-state index in [1.54, 1.807) is 54.6 Å². The Hall–Kier alpha value is -10.8. The van der Waals surface area contributed by atoms with E-state index in [0.717, 1.165) is 82.4 Å². The number of amides is 6. The molecule has 15 heteroatoms. The molecule has 16 rings (SSSR count). The first kappa shape index (κ1) is 58.2. The maximum atomic E-state index is 14.9. The maximum absolute atomic E-state index is 14.9. The summed E-state index contributed by atoms with van der Waals surface area (Å²) in [6.07, 6.45) is 3.67. The number of carbonyl (C=O) groups excluding carboxylic acids is 6. The molecule has 10 aromatic carbocycles. The largest absolute Gasteiger partial charge is 0.508 e. The lowest BCUT2D eigenvalue weighted by Crippen LogP contribution is -2.48. The van der Waals surface area contributed by atoms with E-state index in [-0.39, 0.29) is 56.1 Å². The van der Waals surface area contributed by atoms with Gasteiger partial charge in [-0.25, -0.2) is 0 Å². The molecule has 6 amide bonds. The van der Waals surface area contributed by atoms with Crippen molar-refractivity contribution in [3.8, 4) is 17.2 Å². The summed E-state index contributed by atoms with van der Waals surface area (Å²) in [6.45, 7) is 0.234. The fourth-order valence-electron chi connectivity index (χ4n) is 12.8. The van der Waals surface area contributed by atoms with E-state index in [2.05, 4.69) is 50.1 Å². The van der Waals surface area contributed by atoms with Crippen molar-refractivity contribution in [2.45, 2.75) is 95.5 Å². The highest BCUT2D eigenvalue weighted by atomic mass is 16.3. The molecular formula is C75H66N6O9. The predicted octanol–water partition coefficient (Wildman–Crippen LogP) is 9.53. The van der Waals surface area contributed by atoms with Crippen LogP contribution >= 0.6 is 0 Å². The van der Waals surface area contributed by atoms with Crippen molar-refractivity contribution in [3.05, 3.63) is 265 Å². The zero-order chi connectivity index (χ0) is 62.0. The van der Waals surface area contributed by atoms with Gasteiger partial charge in [0.25, 0.3) is 17.7 Å². The number of phenols is 3. The van der Waals surface area contributed by atoms with Crippen molar-refractivity contribution < 1.29 is 44.1 Å². The molecule has 0 saturated heterocycles. The van der Waals surface area contributed by atoms with Gasteiger partial charge in [0.2, 0.25) is 17.7 Å². The van der Waals surface area contributed by atoms with E-state index >= 15 is 0 Å². The summed E-state index contributed by atoms with van der Waals surface area (Å²) in [6, 6.07) is 51.8. The lowest BCUT2D eigenvalue weighted by molar-refractivity contribution is -0.123. The van der Waals surface area contributed by atoms with Gasteiger partial charge in [-0.2, -0.15) is 0 Å². The van der Waals surface area contributed by atoms with Crippen LogP contribution in [-0.2, 0) is 91.8 Å². The molecular weight excluding hydrogens is 1130 g/mol. The summed E-state index contributed by atoms with van der Waals surface area (Å²) >= 11 is 0. The van der Waals surface area contributed by atoms with Gasteiger partial charge in [-0.15, -0.1) is 0 Å². The van der Waals surface area contributed by atoms with Crippen molar-refractivity contribution in [1.29, 1.82) is 0 Å². The topological polar surface area (TPSA) is 235 Å². The SMILES string of the molecule is O=C1N[C@@H](Cc2ccc(O)cc2)C(=O)NCc2ccc3c4cc(cc3c2)C(=O)N[C@@H](Cc2ccc(O)cc2)C(=O)NCc2ccc3c5cc(cc3c2)C(=O)N[C@@H](Cc2ccc(O)cc2)C(=O)NCc2ccc3c(cc1cc3c2)CCc1cc(cc(c1)CC4)CC5. The van der Waals surface area contributed by atoms with Crippen LogP contribution in [0.15, 0.2) is 182 Å². The number of aryl methyl sites for hydroxylation is 6. The molecule has 0 unspecified atom stereocenters. The number of nitrogens with one attached hydrogen (secondary N) is 6. The monoisotopic (exact) mass is 1190 g/mol. The van der Waals surface area contributed by atoms with Crippen LogP contribution in [-0.4, -0.2) is 68.9 Å².